The van der Waals surface area contributed by atoms with E-state index >= 15 is 0 Å². The summed E-state index contributed by atoms with van der Waals surface area (Å²) in [5.74, 6) is 0.702. The molecule has 4 heteroatoms. The van der Waals surface area contributed by atoms with Crippen molar-refractivity contribution in [1.82, 2.24) is 5.32 Å². The molecule has 1 N–H and O–H groups in total. The van der Waals surface area contributed by atoms with E-state index in [4.69, 9.17) is 0 Å². The second-order valence-corrected chi connectivity index (χ2v) is 4.48. The van der Waals surface area contributed by atoms with E-state index in [0.29, 0.717) is 5.92 Å². The number of hydrogen-bond acceptors (Lipinski definition) is 2. The molecule has 0 amide bonds. The maximum absolute atomic E-state index is 12.0. The van der Waals surface area contributed by atoms with E-state index in [-0.39, 0.29) is 11.8 Å². The summed E-state index contributed by atoms with van der Waals surface area (Å²) >= 11 is 0. The molecule has 0 spiro atoms. The molecular weight excluding hydrogens is 236 g/mol. The lowest BCUT2D eigenvalue weighted by Gasteiger charge is -2.24. The van der Waals surface area contributed by atoms with Crippen molar-refractivity contribution in [3.05, 3.63) is 29.8 Å². The van der Waals surface area contributed by atoms with Crippen LogP contribution in [0, 0.1) is 5.92 Å². The van der Waals surface area contributed by atoms with Gasteiger partial charge in [0.25, 0.3) is 0 Å². The summed E-state index contributed by atoms with van der Waals surface area (Å²) in [6, 6.07) is 7.09. The highest BCUT2D eigenvalue weighted by molar-refractivity contribution is 5.29. The standard InChI is InChI=1S/C14H21F2NO/c1-4-5-10(2)13(17-3)11-6-8-12(9-7-11)18-14(15)16/h6-10,13-14,17H,4-5H2,1-3H3. The Morgan fingerprint density at radius 2 is 1.83 bits per heavy atom. The molecule has 0 saturated carbocycles. The van der Waals surface area contributed by atoms with Crippen LogP contribution in [0.3, 0.4) is 0 Å². The van der Waals surface area contributed by atoms with Gasteiger partial charge in [0.15, 0.2) is 0 Å². The fraction of sp³-hybridized carbons (Fsp3) is 0.571. The molecule has 0 bridgehead atoms. The van der Waals surface area contributed by atoms with Crippen LogP contribution < -0.4 is 10.1 Å². The lowest BCUT2D eigenvalue weighted by molar-refractivity contribution is -0.0498. The monoisotopic (exact) mass is 257 g/mol. The lowest BCUT2D eigenvalue weighted by atomic mass is 9.91. The highest BCUT2D eigenvalue weighted by atomic mass is 19.3. The highest BCUT2D eigenvalue weighted by Crippen LogP contribution is 2.27. The van der Waals surface area contributed by atoms with Gasteiger partial charge in [-0.1, -0.05) is 32.4 Å². The first kappa shape index (κ1) is 14.9. The molecule has 0 aromatic heterocycles. The van der Waals surface area contributed by atoms with Crippen LogP contribution >= 0.6 is 0 Å². The number of rotatable bonds is 7. The quantitative estimate of drug-likeness (QED) is 0.797. The fourth-order valence-electron chi connectivity index (χ4n) is 2.26. The Labute approximate surface area is 107 Å². The molecular formula is C14H21F2NO. The Balaban J connectivity index is 2.75. The predicted octanol–water partition coefficient (Wildman–Crippen LogP) is 3.98. The second-order valence-electron chi connectivity index (χ2n) is 4.48. The summed E-state index contributed by atoms with van der Waals surface area (Å²) in [7, 11) is 1.92. The molecule has 18 heavy (non-hydrogen) atoms. The first-order chi connectivity index (χ1) is 8.58. The van der Waals surface area contributed by atoms with Gasteiger partial charge in [-0.2, -0.15) is 8.78 Å². The third-order valence-electron chi connectivity index (χ3n) is 3.09. The van der Waals surface area contributed by atoms with Gasteiger partial charge >= 0.3 is 6.61 Å². The topological polar surface area (TPSA) is 21.3 Å². The number of nitrogens with one attached hydrogen (secondary N) is 1. The summed E-state index contributed by atoms with van der Waals surface area (Å²) in [6.07, 6.45) is 2.26. The van der Waals surface area contributed by atoms with Crippen molar-refractivity contribution < 1.29 is 13.5 Å². The summed E-state index contributed by atoms with van der Waals surface area (Å²) in [6.45, 7) is 1.58. The molecule has 102 valence electrons. The van der Waals surface area contributed by atoms with Gasteiger partial charge in [0, 0.05) is 6.04 Å². The Morgan fingerprint density at radius 3 is 2.28 bits per heavy atom. The van der Waals surface area contributed by atoms with Crippen molar-refractivity contribution in [3.63, 3.8) is 0 Å². The van der Waals surface area contributed by atoms with Crippen LogP contribution in [0.2, 0.25) is 0 Å². The summed E-state index contributed by atoms with van der Waals surface area (Å²) < 4.78 is 28.4. The Bertz CT molecular complexity index is 340. The van der Waals surface area contributed by atoms with Crippen LogP contribution in [0.25, 0.3) is 0 Å². The van der Waals surface area contributed by atoms with Crippen molar-refractivity contribution in [3.8, 4) is 5.75 Å². The molecule has 2 unspecified atom stereocenters. The molecule has 2 nitrogen and oxygen atoms in total. The van der Waals surface area contributed by atoms with Crippen LogP contribution in [0.1, 0.15) is 38.3 Å². The molecule has 0 heterocycles. The zero-order valence-corrected chi connectivity index (χ0v) is 11.1. The maximum Gasteiger partial charge on any atom is 0.387 e. The summed E-state index contributed by atoms with van der Waals surface area (Å²) in [4.78, 5) is 0. The predicted molar refractivity (Wildman–Crippen MR) is 68.9 cm³/mol. The molecule has 1 aromatic rings. The van der Waals surface area contributed by atoms with Crippen molar-refractivity contribution >= 4 is 0 Å². The molecule has 0 saturated heterocycles. The zero-order valence-electron chi connectivity index (χ0n) is 11.1. The summed E-state index contributed by atoms with van der Waals surface area (Å²) in [5.41, 5.74) is 1.10. The van der Waals surface area contributed by atoms with Gasteiger partial charge in [0.2, 0.25) is 0 Å². The largest absolute Gasteiger partial charge is 0.435 e. The first-order valence-electron chi connectivity index (χ1n) is 6.30. The van der Waals surface area contributed by atoms with Crippen LogP contribution in [-0.4, -0.2) is 13.7 Å². The highest BCUT2D eigenvalue weighted by Gasteiger charge is 2.16. The molecule has 0 aliphatic heterocycles. The average Bonchev–Trinajstić information content (AvgIpc) is 2.32. The van der Waals surface area contributed by atoms with Crippen molar-refractivity contribution in [2.24, 2.45) is 5.92 Å². The second kappa shape index (κ2) is 7.31. The SMILES string of the molecule is CCCC(C)C(NC)c1ccc(OC(F)F)cc1. The van der Waals surface area contributed by atoms with Gasteiger partial charge < -0.3 is 10.1 Å². The minimum Gasteiger partial charge on any atom is -0.435 e. The Kier molecular flexibility index (Phi) is 6.05. The Hall–Kier alpha value is -1.16. The number of halogens is 2. The van der Waals surface area contributed by atoms with E-state index in [1.807, 2.05) is 19.2 Å². The van der Waals surface area contributed by atoms with E-state index in [1.165, 1.54) is 0 Å². The average molecular weight is 257 g/mol. The van der Waals surface area contributed by atoms with Crippen LogP contribution in [0.15, 0.2) is 24.3 Å². The van der Waals surface area contributed by atoms with E-state index in [0.717, 1.165) is 18.4 Å². The van der Waals surface area contributed by atoms with Gasteiger partial charge in [0.05, 0.1) is 0 Å². The molecule has 1 aromatic carbocycles. The zero-order chi connectivity index (χ0) is 13.5. The van der Waals surface area contributed by atoms with Gasteiger partial charge in [0.1, 0.15) is 5.75 Å². The molecule has 2 atom stereocenters. The number of hydrogen-bond donors (Lipinski definition) is 1. The van der Waals surface area contributed by atoms with Gasteiger partial charge in [-0.05, 0) is 37.1 Å². The smallest absolute Gasteiger partial charge is 0.387 e. The molecule has 1 rings (SSSR count). The normalized spacial score (nSPS) is 14.6. The Morgan fingerprint density at radius 1 is 1.22 bits per heavy atom. The van der Waals surface area contributed by atoms with E-state index in [2.05, 4.69) is 23.9 Å². The molecule has 0 aliphatic rings. The van der Waals surface area contributed by atoms with Gasteiger partial charge in [-0.15, -0.1) is 0 Å². The number of benzene rings is 1. The lowest BCUT2D eigenvalue weighted by Crippen LogP contribution is -2.23. The number of ether oxygens (including phenoxy) is 1. The molecule has 0 aliphatic carbocycles. The van der Waals surface area contributed by atoms with E-state index in [1.54, 1.807) is 12.1 Å². The van der Waals surface area contributed by atoms with Gasteiger partial charge in [-0.3, -0.25) is 0 Å². The maximum atomic E-state index is 12.0. The van der Waals surface area contributed by atoms with E-state index < -0.39 is 6.61 Å². The van der Waals surface area contributed by atoms with Crippen LogP contribution in [0.5, 0.6) is 5.75 Å². The molecule has 0 radical (unpaired) electrons. The minimum absolute atomic E-state index is 0.201. The van der Waals surface area contributed by atoms with Crippen molar-refractivity contribution in [1.29, 1.82) is 0 Å². The fourth-order valence-corrected chi connectivity index (χ4v) is 2.26. The van der Waals surface area contributed by atoms with Gasteiger partial charge in [-0.25, -0.2) is 0 Å². The number of alkyl halides is 2. The third kappa shape index (κ3) is 4.26. The van der Waals surface area contributed by atoms with E-state index in [9.17, 15) is 8.78 Å². The first-order valence-corrected chi connectivity index (χ1v) is 6.30. The van der Waals surface area contributed by atoms with Crippen molar-refractivity contribution in [2.45, 2.75) is 39.3 Å². The molecule has 0 fully saturated rings. The van der Waals surface area contributed by atoms with Crippen molar-refractivity contribution in [2.75, 3.05) is 7.05 Å². The summed E-state index contributed by atoms with van der Waals surface area (Å²) in [5, 5.41) is 3.27. The third-order valence-corrected chi connectivity index (χ3v) is 3.09. The minimum atomic E-state index is -2.77. The van der Waals surface area contributed by atoms with Crippen LogP contribution in [0.4, 0.5) is 8.78 Å². The van der Waals surface area contributed by atoms with Crippen LogP contribution in [-0.2, 0) is 0 Å².